The molecule has 12 heavy (non-hydrogen) atoms. The van der Waals surface area contributed by atoms with E-state index in [0.717, 1.165) is 12.8 Å². The van der Waals surface area contributed by atoms with Crippen LogP contribution < -0.4 is 5.32 Å². The third-order valence-electron chi connectivity index (χ3n) is 2.36. The topological polar surface area (TPSA) is 29.1 Å². The highest BCUT2D eigenvalue weighted by atomic mass is 16.1. The maximum atomic E-state index is 11.1. The van der Waals surface area contributed by atoms with Crippen LogP contribution in [0.1, 0.15) is 39.5 Å². The van der Waals surface area contributed by atoms with E-state index in [9.17, 15) is 4.79 Å². The van der Waals surface area contributed by atoms with Crippen molar-refractivity contribution in [2.24, 2.45) is 0 Å². The zero-order valence-electron chi connectivity index (χ0n) is 7.74. The Morgan fingerprint density at radius 1 is 1.42 bits per heavy atom. The Morgan fingerprint density at radius 2 is 2.00 bits per heavy atom. The Labute approximate surface area is 73.7 Å². The SMILES string of the molecule is CC#CC(=O)NC1(C)CCCC1. The second-order valence-corrected chi connectivity index (χ2v) is 3.60. The number of carbonyl (C=O) groups excluding carboxylic acids is 1. The molecule has 66 valence electrons. The zero-order valence-corrected chi connectivity index (χ0v) is 7.74. The maximum absolute atomic E-state index is 11.1. The summed E-state index contributed by atoms with van der Waals surface area (Å²) in [6, 6.07) is 0. The van der Waals surface area contributed by atoms with Crippen molar-refractivity contribution >= 4 is 5.91 Å². The first-order valence-electron chi connectivity index (χ1n) is 4.41. The van der Waals surface area contributed by atoms with E-state index in [4.69, 9.17) is 0 Å². The Balaban J connectivity index is 2.47. The molecular weight excluding hydrogens is 150 g/mol. The van der Waals surface area contributed by atoms with Gasteiger partial charge in [-0.1, -0.05) is 18.8 Å². The van der Waals surface area contributed by atoms with Crippen LogP contribution in [-0.2, 0) is 4.79 Å². The molecule has 1 saturated carbocycles. The van der Waals surface area contributed by atoms with Crippen molar-refractivity contribution in [2.45, 2.75) is 45.1 Å². The van der Waals surface area contributed by atoms with Gasteiger partial charge >= 0.3 is 0 Å². The molecule has 1 aliphatic carbocycles. The highest BCUT2D eigenvalue weighted by Gasteiger charge is 2.29. The third-order valence-corrected chi connectivity index (χ3v) is 2.36. The quantitative estimate of drug-likeness (QED) is 0.585. The molecule has 1 N–H and O–H groups in total. The van der Waals surface area contributed by atoms with Gasteiger partial charge in [0, 0.05) is 5.54 Å². The van der Waals surface area contributed by atoms with Crippen LogP contribution in [0.2, 0.25) is 0 Å². The predicted molar refractivity (Wildman–Crippen MR) is 48.5 cm³/mol. The summed E-state index contributed by atoms with van der Waals surface area (Å²) < 4.78 is 0. The van der Waals surface area contributed by atoms with Gasteiger partial charge in [0.25, 0.3) is 5.91 Å². The Bertz CT molecular complexity index is 228. The highest BCUT2D eigenvalue weighted by molar-refractivity contribution is 5.93. The first-order valence-corrected chi connectivity index (χ1v) is 4.41. The van der Waals surface area contributed by atoms with Crippen LogP contribution in [0.4, 0.5) is 0 Å². The van der Waals surface area contributed by atoms with Crippen molar-refractivity contribution in [2.75, 3.05) is 0 Å². The molecule has 0 aliphatic heterocycles. The van der Waals surface area contributed by atoms with Crippen molar-refractivity contribution < 1.29 is 4.79 Å². The predicted octanol–water partition coefficient (Wildman–Crippen LogP) is 1.46. The van der Waals surface area contributed by atoms with Crippen LogP contribution in [-0.4, -0.2) is 11.4 Å². The molecular formula is C10H15NO. The maximum Gasteiger partial charge on any atom is 0.296 e. The number of hydrogen-bond acceptors (Lipinski definition) is 1. The lowest BCUT2D eigenvalue weighted by atomic mass is 10.0. The number of hydrogen-bond donors (Lipinski definition) is 1. The average molecular weight is 165 g/mol. The van der Waals surface area contributed by atoms with Gasteiger partial charge in [-0.2, -0.15) is 0 Å². The summed E-state index contributed by atoms with van der Waals surface area (Å²) in [4.78, 5) is 11.1. The van der Waals surface area contributed by atoms with Crippen LogP contribution >= 0.6 is 0 Å². The largest absolute Gasteiger partial charge is 0.340 e. The van der Waals surface area contributed by atoms with E-state index >= 15 is 0 Å². The molecule has 1 rings (SSSR count). The lowest BCUT2D eigenvalue weighted by molar-refractivity contribution is -0.117. The summed E-state index contributed by atoms with van der Waals surface area (Å²) in [6.45, 7) is 3.77. The van der Waals surface area contributed by atoms with Crippen LogP contribution in [0.25, 0.3) is 0 Å². The molecule has 2 heteroatoms. The summed E-state index contributed by atoms with van der Waals surface area (Å²) in [5.41, 5.74) is 0.0148. The summed E-state index contributed by atoms with van der Waals surface area (Å²) in [6.07, 6.45) is 4.61. The molecule has 0 atom stereocenters. The summed E-state index contributed by atoms with van der Waals surface area (Å²) in [5.74, 6) is 4.96. The molecule has 0 bridgehead atoms. The molecule has 1 aliphatic rings. The normalized spacial score (nSPS) is 19.5. The second-order valence-electron chi connectivity index (χ2n) is 3.60. The van der Waals surface area contributed by atoms with Gasteiger partial charge in [0.2, 0.25) is 0 Å². The zero-order chi connectivity index (χ0) is 9.03. The Hall–Kier alpha value is -0.970. The van der Waals surface area contributed by atoms with Crippen LogP contribution in [0.15, 0.2) is 0 Å². The minimum Gasteiger partial charge on any atom is -0.340 e. The van der Waals surface area contributed by atoms with Crippen LogP contribution in [0.5, 0.6) is 0 Å². The minimum absolute atomic E-state index is 0.0148. The van der Waals surface area contributed by atoms with E-state index in [-0.39, 0.29) is 11.4 Å². The molecule has 0 aromatic carbocycles. The van der Waals surface area contributed by atoms with Gasteiger partial charge in [0.05, 0.1) is 0 Å². The molecule has 0 saturated heterocycles. The second kappa shape index (κ2) is 3.62. The molecule has 0 radical (unpaired) electrons. The van der Waals surface area contributed by atoms with Gasteiger partial charge in [-0.3, -0.25) is 4.79 Å². The summed E-state index contributed by atoms with van der Waals surface area (Å²) >= 11 is 0. The molecule has 0 aromatic rings. The van der Waals surface area contributed by atoms with E-state index in [1.165, 1.54) is 12.8 Å². The number of nitrogens with one attached hydrogen (secondary N) is 1. The number of amides is 1. The lowest BCUT2D eigenvalue weighted by Crippen LogP contribution is -2.42. The van der Waals surface area contributed by atoms with Crippen molar-refractivity contribution in [1.29, 1.82) is 0 Å². The van der Waals surface area contributed by atoms with E-state index < -0.39 is 0 Å². The first-order chi connectivity index (χ1) is 5.66. The first kappa shape index (κ1) is 9.12. The summed E-state index contributed by atoms with van der Waals surface area (Å²) in [5, 5.41) is 2.94. The molecule has 1 fully saturated rings. The number of carbonyl (C=O) groups is 1. The monoisotopic (exact) mass is 165 g/mol. The van der Waals surface area contributed by atoms with Crippen molar-refractivity contribution in [1.82, 2.24) is 5.32 Å². The highest BCUT2D eigenvalue weighted by Crippen LogP contribution is 2.28. The molecule has 1 amide bonds. The van der Waals surface area contributed by atoms with Crippen LogP contribution in [0.3, 0.4) is 0 Å². The number of rotatable bonds is 1. The fraction of sp³-hybridized carbons (Fsp3) is 0.700. The van der Waals surface area contributed by atoms with Crippen molar-refractivity contribution in [3.63, 3.8) is 0 Å². The van der Waals surface area contributed by atoms with Gasteiger partial charge in [0.15, 0.2) is 0 Å². The Kier molecular flexibility index (Phi) is 2.75. The van der Waals surface area contributed by atoms with Crippen molar-refractivity contribution in [3.05, 3.63) is 0 Å². The molecule has 0 spiro atoms. The van der Waals surface area contributed by atoms with E-state index in [0.29, 0.717) is 0 Å². The van der Waals surface area contributed by atoms with Gasteiger partial charge < -0.3 is 5.32 Å². The smallest absolute Gasteiger partial charge is 0.296 e. The van der Waals surface area contributed by atoms with E-state index in [1.807, 2.05) is 0 Å². The van der Waals surface area contributed by atoms with E-state index in [1.54, 1.807) is 6.92 Å². The van der Waals surface area contributed by atoms with E-state index in [2.05, 4.69) is 24.1 Å². The molecule has 0 heterocycles. The van der Waals surface area contributed by atoms with Gasteiger partial charge in [-0.25, -0.2) is 0 Å². The average Bonchev–Trinajstić information content (AvgIpc) is 2.36. The molecule has 0 unspecified atom stereocenters. The van der Waals surface area contributed by atoms with Gasteiger partial charge in [-0.15, -0.1) is 0 Å². The summed E-state index contributed by atoms with van der Waals surface area (Å²) in [7, 11) is 0. The minimum atomic E-state index is -0.137. The third kappa shape index (κ3) is 2.27. The molecule has 2 nitrogen and oxygen atoms in total. The molecule has 0 aromatic heterocycles. The van der Waals surface area contributed by atoms with Gasteiger partial charge in [0.1, 0.15) is 0 Å². The fourth-order valence-electron chi connectivity index (χ4n) is 1.70. The van der Waals surface area contributed by atoms with Gasteiger partial charge in [-0.05, 0) is 32.6 Å². The fourth-order valence-corrected chi connectivity index (χ4v) is 1.70. The lowest BCUT2D eigenvalue weighted by Gasteiger charge is -2.23. The van der Waals surface area contributed by atoms with Crippen molar-refractivity contribution in [3.8, 4) is 11.8 Å². The van der Waals surface area contributed by atoms with Crippen LogP contribution in [0, 0.1) is 11.8 Å². The standard InChI is InChI=1S/C10H15NO/c1-3-6-9(12)11-10(2)7-4-5-8-10/h4-5,7-8H2,1-2H3,(H,11,12). The Morgan fingerprint density at radius 3 is 2.50 bits per heavy atom.